The van der Waals surface area contributed by atoms with Crippen molar-refractivity contribution in [3.8, 4) is 5.75 Å². The molecule has 0 radical (unpaired) electrons. The van der Waals surface area contributed by atoms with Crippen LogP contribution in [0.15, 0.2) is 23.4 Å². The van der Waals surface area contributed by atoms with Gasteiger partial charge in [0, 0.05) is 6.54 Å². The Bertz CT molecular complexity index is 1330. The van der Waals surface area contributed by atoms with Crippen LogP contribution < -0.4 is 10.1 Å². The van der Waals surface area contributed by atoms with E-state index in [9.17, 15) is 14.4 Å². The van der Waals surface area contributed by atoms with Crippen molar-refractivity contribution >= 4 is 45.9 Å². The van der Waals surface area contributed by atoms with E-state index in [1.807, 2.05) is 44.4 Å². The highest BCUT2D eigenvalue weighted by Crippen LogP contribution is 2.35. The van der Waals surface area contributed by atoms with Gasteiger partial charge in [0.1, 0.15) is 15.6 Å². The van der Waals surface area contributed by atoms with Gasteiger partial charge in [-0.15, -0.1) is 21.5 Å². The lowest BCUT2D eigenvalue weighted by Gasteiger charge is -2.16. The van der Waals surface area contributed by atoms with Crippen LogP contribution in [0.5, 0.6) is 5.75 Å². The van der Waals surface area contributed by atoms with Gasteiger partial charge in [0.15, 0.2) is 17.1 Å². The van der Waals surface area contributed by atoms with E-state index in [1.165, 1.54) is 11.8 Å². The van der Waals surface area contributed by atoms with Crippen molar-refractivity contribution in [2.45, 2.75) is 66.3 Å². The van der Waals surface area contributed by atoms with E-state index in [1.54, 1.807) is 20.8 Å². The number of aromatic nitrogens is 3. The fourth-order valence-corrected chi connectivity index (χ4v) is 5.91. The van der Waals surface area contributed by atoms with Crippen molar-refractivity contribution in [1.82, 2.24) is 14.8 Å². The third kappa shape index (κ3) is 7.39. The molecule has 0 fully saturated rings. The number of benzene rings is 1. The number of thioether (sulfide) groups is 1. The number of hydrogen-bond acceptors (Lipinski definition) is 10. The number of carbonyl (C=O) groups is 3. The quantitative estimate of drug-likeness (QED) is 0.220. The molecule has 12 heteroatoms. The summed E-state index contributed by atoms with van der Waals surface area (Å²) in [6.07, 6.45) is -0.357. The maximum absolute atomic E-state index is 12.9. The van der Waals surface area contributed by atoms with Crippen molar-refractivity contribution in [3.63, 3.8) is 0 Å². The monoisotopic (exact) mass is 574 g/mol. The van der Waals surface area contributed by atoms with E-state index in [0.717, 1.165) is 28.2 Å². The maximum atomic E-state index is 12.9. The van der Waals surface area contributed by atoms with Crippen molar-refractivity contribution < 1.29 is 28.6 Å². The summed E-state index contributed by atoms with van der Waals surface area (Å²) in [4.78, 5) is 38.1. The summed E-state index contributed by atoms with van der Waals surface area (Å²) in [6, 6.07) is 6.03. The van der Waals surface area contributed by atoms with Crippen LogP contribution >= 0.6 is 23.1 Å². The number of thiophene rings is 1. The summed E-state index contributed by atoms with van der Waals surface area (Å²) in [5.74, 6) is -0.117. The van der Waals surface area contributed by atoms with Gasteiger partial charge < -0.3 is 24.1 Å². The molecule has 1 unspecified atom stereocenters. The minimum Gasteiger partial charge on any atom is -0.483 e. The normalized spacial score (nSPS) is 11.7. The van der Waals surface area contributed by atoms with Gasteiger partial charge in [-0.3, -0.25) is 4.79 Å². The minimum absolute atomic E-state index is 0.0123. The zero-order valence-electron chi connectivity index (χ0n) is 23.2. The Kier molecular flexibility index (Phi) is 10.5. The van der Waals surface area contributed by atoms with E-state index in [-0.39, 0.29) is 46.4 Å². The summed E-state index contributed by atoms with van der Waals surface area (Å²) >= 11 is 2.21. The average molecular weight is 575 g/mol. The Morgan fingerprint density at radius 1 is 1.00 bits per heavy atom. The first kappa shape index (κ1) is 30.2. The molecule has 3 aromatic rings. The molecule has 39 heavy (non-hydrogen) atoms. The fourth-order valence-electron chi connectivity index (χ4n) is 4.00. The molecule has 210 valence electrons. The first-order chi connectivity index (χ1) is 18.6. The van der Waals surface area contributed by atoms with Crippen LogP contribution in [0.25, 0.3) is 0 Å². The summed E-state index contributed by atoms with van der Waals surface area (Å²) in [6.45, 7) is 13.9. The fraction of sp³-hybridized carbons (Fsp3) is 0.444. The highest BCUT2D eigenvalue weighted by Gasteiger charge is 2.27. The third-order valence-electron chi connectivity index (χ3n) is 5.61. The molecule has 0 bridgehead atoms. The standard InChI is InChI=1S/C27H34N4O6S2/c1-8-31-23(18(7)37-19-12-15(4)11-16(5)13-19)29-30-27(31)38-14-20(32)28-24-21(25(33)35-9-2)17(6)22(39-24)26(34)36-10-3/h11-13,18H,8-10,14H2,1-7H3,(H,28,32). The number of nitrogens with zero attached hydrogens (tertiary/aromatic N) is 3. The smallest absolute Gasteiger partial charge is 0.348 e. The molecule has 1 atom stereocenters. The number of esters is 2. The Morgan fingerprint density at radius 3 is 2.26 bits per heavy atom. The number of rotatable bonds is 12. The molecule has 0 aliphatic heterocycles. The van der Waals surface area contributed by atoms with Gasteiger partial charge in [0.2, 0.25) is 5.91 Å². The Labute approximate surface area is 236 Å². The van der Waals surface area contributed by atoms with Crippen molar-refractivity contribution in [3.05, 3.63) is 51.2 Å². The topological polar surface area (TPSA) is 122 Å². The van der Waals surface area contributed by atoms with E-state index in [0.29, 0.717) is 23.1 Å². The molecule has 2 heterocycles. The summed E-state index contributed by atoms with van der Waals surface area (Å²) in [7, 11) is 0. The largest absolute Gasteiger partial charge is 0.483 e. The number of anilines is 1. The van der Waals surface area contributed by atoms with Gasteiger partial charge in [-0.05, 0) is 77.3 Å². The molecule has 1 amide bonds. The van der Waals surface area contributed by atoms with E-state index >= 15 is 0 Å². The molecule has 0 spiro atoms. The Balaban J connectivity index is 1.73. The summed E-state index contributed by atoms with van der Waals surface area (Å²) < 4.78 is 18.3. The van der Waals surface area contributed by atoms with Crippen LogP contribution in [-0.2, 0) is 20.8 Å². The maximum Gasteiger partial charge on any atom is 0.348 e. The van der Waals surface area contributed by atoms with Crippen LogP contribution in [0, 0.1) is 20.8 Å². The minimum atomic E-state index is -0.613. The van der Waals surface area contributed by atoms with Gasteiger partial charge in [-0.25, -0.2) is 9.59 Å². The predicted octanol–water partition coefficient (Wildman–Crippen LogP) is 5.51. The van der Waals surface area contributed by atoms with Gasteiger partial charge in [-0.1, -0.05) is 17.8 Å². The second-order valence-corrected chi connectivity index (χ2v) is 10.7. The van der Waals surface area contributed by atoms with Crippen LogP contribution in [-0.4, -0.2) is 51.6 Å². The molecule has 1 N–H and O–H groups in total. The third-order valence-corrected chi connectivity index (χ3v) is 7.76. The predicted molar refractivity (Wildman–Crippen MR) is 151 cm³/mol. The molecule has 0 saturated carbocycles. The molecular weight excluding hydrogens is 540 g/mol. The van der Waals surface area contributed by atoms with Crippen molar-refractivity contribution in [2.75, 3.05) is 24.3 Å². The van der Waals surface area contributed by atoms with Crippen molar-refractivity contribution in [2.24, 2.45) is 0 Å². The van der Waals surface area contributed by atoms with Crippen LogP contribution in [0.3, 0.4) is 0 Å². The second-order valence-electron chi connectivity index (χ2n) is 8.71. The lowest BCUT2D eigenvalue weighted by atomic mass is 10.1. The van der Waals surface area contributed by atoms with Crippen LogP contribution in [0.1, 0.15) is 76.3 Å². The summed E-state index contributed by atoms with van der Waals surface area (Å²) in [5.41, 5.74) is 2.78. The average Bonchev–Trinajstić information content (AvgIpc) is 3.42. The summed E-state index contributed by atoms with van der Waals surface area (Å²) in [5, 5.41) is 12.2. The first-order valence-corrected chi connectivity index (χ1v) is 14.5. The number of nitrogens with one attached hydrogen (secondary N) is 1. The zero-order valence-corrected chi connectivity index (χ0v) is 24.9. The Morgan fingerprint density at radius 2 is 1.64 bits per heavy atom. The van der Waals surface area contributed by atoms with Gasteiger partial charge in [0.25, 0.3) is 0 Å². The number of carbonyl (C=O) groups excluding carboxylic acids is 3. The number of aryl methyl sites for hydroxylation is 2. The molecule has 10 nitrogen and oxygen atoms in total. The molecule has 1 aromatic carbocycles. The second kappa shape index (κ2) is 13.6. The number of hydrogen-bond donors (Lipinski definition) is 1. The highest BCUT2D eigenvalue weighted by molar-refractivity contribution is 7.99. The lowest BCUT2D eigenvalue weighted by Crippen LogP contribution is -2.17. The Hall–Kier alpha value is -3.38. The van der Waals surface area contributed by atoms with Gasteiger partial charge >= 0.3 is 11.9 Å². The SMILES string of the molecule is CCOC(=O)c1sc(NC(=O)CSc2nnc(C(C)Oc3cc(C)cc(C)c3)n2CC)c(C(=O)OCC)c1C. The molecule has 0 saturated heterocycles. The van der Waals surface area contributed by atoms with Crippen LogP contribution in [0.4, 0.5) is 5.00 Å². The zero-order chi connectivity index (χ0) is 28.7. The lowest BCUT2D eigenvalue weighted by molar-refractivity contribution is -0.113. The van der Waals surface area contributed by atoms with E-state index < -0.39 is 11.9 Å². The van der Waals surface area contributed by atoms with Gasteiger partial charge in [0.05, 0.1) is 24.5 Å². The number of amides is 1. The molecule has 0 aliphatic carbocycles. The molecule has 2 aromatic heterocycles. The molecular formula is C27H34N4O6S2. The van der Waals surface area contributed by atoms with E-state index in [2.05, 4.69) is 21.6 Å². The molecule has 0 aliphatic rings. The van der Waals surface area contributed by atoms with Gasteiger partial charge in [-0.2, -0.15) is 0 Å². The first-order valence-electron chi connectivity index (χ1n) is 12.7. The van der Waals surface area contributed by atoms with E-state index in [4.69, 9.17) is 14.2 Å². The highest BCUT2D eigenvalue weighted by atomic mass is 32.2. The molecule has 3 rings (SSSR count). The number of ether oxygens (including phenoxy) is 3. The van der Waals surface area contributed by atoms with Crippen molar-refractivity contribution in [1.29, 1.82) is 0 Å². The van der Waals surface area contributed by atoms with Crippen LogP contribution in [0.2, 0.25) is 0 Å².